The average molecular weight is 491 g/mol. The van der Waals surface area contributed by atoms with Crippen molar-refractivity contribution < 1.29 is 9.53 Å². The van der Waals surface area contributed by atoms with Crippen molar-refractivity contribution in [3.8, 4) is 5.75 Å². The van der Waals surface area contributed by atoms with Gasteiger partial charge in [0.15, 0.2) is 0 Å². The van der Waals surface area contributed by atoms with Crippen molar-refractivity contribution >= 4 is 22.9 Å². The largest absolute Gasteiger partial charge is 0.485 e. The van der Waals surface area contributed by atoms with Crippen LogP contribution >= 0.6 is 11.3 Å². The van der Waals surface area contributed by atoms with Crippen LogP contribution in [0.15, 0.2) is 72.1 Å². The molecular weight excluding hydrogens is 452 g/mol. The molecule has 1 saturated heterocycles. The number of thiophene rings is 1. The Bertz CT molecular complexity index is 1030. The summed E-state index contributed by atoms with van der Waals surface area (Å²) < 4.78 is 6.47. The lowest BCUT2D eigenvalue weighted by atomic mass is 10.0. The second kappa shape index (κ2) is 12.9. The van der Waals surface area contributed by atoms with Gasteiger partial charge in [0.05, 0.1) is 0 Å². The van der Waals surface area contributed by atoms with Gasteiger partial charge in [-0.3, -0.25) is 9.69 Å². The number of carbonyl (C=O) groups is 1. The molecule has 35 heavy (non-hydrogen) atoms. The highest BCUT2D eigenvalue weighted by Crippen LogP contribution is 2.31. The van der Waals surface area contributed by atoms with Gasteiger partial charge in [0, 0.05) is 42.7 Å². The molecule has 1 amide bonds. The Hall–Kier alpha value is -2.63. The second-order valence-electron chi connectivity index (χ2n) is 9.37. The lowest BCUT2D eigenvalue weighted by molar-refractivity contribution is -0.119. The summed E-state index contributed by atoms with van der Waals surface area (Å²) in [6.45, 7) is 7.07. The van der Waals surface area contributed by atoms with Crippen LogP contribution in [0.5, 0.6) is 5.75 Å². The van der Waals surface area contributed by atoms with Crippen molar-refractivity contribution in [2.24, 2.45) is 0 Å². The Morgan fingerprint density at radius 1 is 1.06 bits per heavy atom. The Morgan fingerprint density at radius 2 is 1.86 bits per heavy atom. The molecule has 2 aromatic carbocycles. The van der Waals surface area contributed by atoms with Crippen LogP contribution in [0.2, 0.25) is 0 Å². The molecule has 0 N–H and O–H groups in total. The lowest BCUT2D eigenvalue weighted by Gasteiger charge is -2.38. The van der Waals surface area contributed by atoms with E-state index in [2.05, 4.69) is 65.7 Å². The number of para-hydroxylation sites is 1. The molecule has 186 valence electrons. The first-order chi connectivity index (χ1) is 17.2. The smallest absolute Gasteiger partial charge is 0.226 e. The number of benzene rings is 2. The maximum atomic E-state index is 12.8. The quantitative estimate of drug-likeness (QED) is 0.279. The number of carbonyl (C=O) groups excluding carboxylic acids is 1. The van der Waals surface area contributed by atoms with E-state index in [0.29, 0.717) is 6.42 Å². The van der Waals surface area contributed by atoms with Gasteiger partial charge in [0.1, 0.15) is 11.9 Å². The minimum absolute atomic E-state index is 0.126. The maximum absolute atomic E-state index is 12.8. The van der Waals surface area contributed by atoms with Crippen LogP contribution in [0.3, 0.4) is 0 Å². The molecule has 1 fully saturated rings. The van der Waals surface area contributed by atoms with Crippen LogP contribution in [-0.2, 0) is 11.3 Å². The van der Waals surface area contributed by atoms with Gasteiger partial charge < -0.3 is 9.64 Å². The van der Waals surface area contributed by atoms with Crippen LogP contribution in [0.1, 0.15) is 68.9 Å². The zero-order valence-corrected chi connectivity index (χ0v) is 21.9. The van der Waals surface area contributed by atoms with E-state index in [0.717, 1.165) is 56.8 Å². The molecule has 0 saturated carbocycles. The van der Waals surface area contributed by atoms with Gasteiger partial charge in [-0.1, -0.05) is 56.7 Å². The van der Waals surface area contributed by atoms with Gasteiger partial charge in [-0.2, -0.15) is 0 Å². The minimum Gasteiger partial charge on any atom is -0.485 e. The number of likely N-dealkylation sites (tertiary alicyclic amines) is 1. The summed E-state index contributed by atoms with van der Waals surface area (Å²) in [7, 11) is 0. The minimum atomic E-state index is 0.126. The highest BCUT2D eigenvalue weighted by atomic mass is 32.1. The molecule has 1 unspecified atom stereocenters. The van der Waals surface area contributed by atoms with E-state index in [4.69, 9.17) is 4.74 Å². The Kier molecular flexibility index (Phi) is 9.38. The Morgan fingerprint density at radius 3 is 2.54 bits per heavy atom. The van der Waals surface area contributed by atoms with E-state index >= 15 is 0 Å². The third kappa shape index (κ3) is 6.96. The second-order valence-corrected chi connectivity index (χ2v) is 10.4. The van der Waals surface area contributed by atoms with Gasteiger partial charge in [-0.25, -0.2) is 0 Å². The number of unbranched alkanes of at least 4 members (excludes halogenated alkanes) is 1. The number of hydrogen-bond donors (Lipinski definition) is 0. The molecule has 4 rings (SSSR count). The Balaban J connectivity index is 1.36. The molecule has 1 aromatic heterocycles. The summed E-state index contributed by atoms with van der Waals surface area (Å²) in [5, 5.41) is 2.13. The van der Waals surface area contributed by atoms with E-state index < -0.39 is 0 Å². The van der Waals surface area contributed by atoms with Crippen LogP contribution < -0.4 is 9.64 Å². The van der Waals surface area contributed by atoms with Gasteiger partial charge in [0.2, 0.25) is 5.91 Å². The highest BCUT2D eigenvalue weighted by Gasteiger charge is 2.28. The van der Waals surface area contributed by atoms with Crippen molar-refractivity contribution in [2.75, 3.05) is 18.0 Å². The molecule has 4 nitrogen and oxygen atoms in total. The van der Waals surface area contributed by atoms with E-state index in [1.165, 1.54) is 16.9 Å². The molecule has 1 aliphatic heterocycles. The maximum Gasteiger partial charge on any atom is 0.226 e. The van der Waals surface area contributed by atoms with Crippen LogP contribution in [0.25, 0.3) is 0 Å². The predicted molar refractivity (Wildman–Crippen MR) is 146 cm³/mol. The van der Waals surface area contributed by atoms with Gasteiger partial charge in [-0.05, 0) is 67.0 Å². The third-order valence-corrected chi connectivity index (χ3v) is 7.76. The molecule has 1 aliphatic rings. The summed E-state index contributed by atoms with van der Waals surface area (Å²) in [4.78, 5) is 18.6. The number of ether oxygens (including phenoxy) is 1. The number of rotatable bonds is 11. The summed E-state index contributed by atoms with van der Waals surface area (Å²) in [6.07, 6.45) is 6.03. The summed E-state index contributed by atoms with van der Waals surface area (Å²) in [5.74, 6) is 1.17. The molecule has 5 heteroatoms. The fraction of sp³-hybridized carbons (Fsp3) is 0.433. The third-order valence-electron chi connectivity index (χ3n) is 6.79. The molecule has 0 spiro atoms. The van der Waals surface area contributed by atoms with E-state index in [1.807, 2.05) is 30.0 Å². The monoisotopic (exact) mass is 490 g/mol. The first kappa shape index (κ1) is 25.5. The molecule has 2 heterocycles. The van der Waals surface area contributed by atoms with Gasteiger partial charge in [0.25, 0.3) is 0 Å². The summed E-state index contributed by atoms with van der Waals surface area (Å²) in [6, 6.07) is 23.3. The topological polar surface area (TPSA) is 32.8 Å². The van der Waals surface area contributed by atoms with Crippen LogP contribution in [-0.4, -0.2) is 29.9 Å². The first-order valence-electron chi connectivity index (χ1n) is 13.1. The van der Waals surface area contributed by atoms with Crippen LogP contribution in [0.4, 0.5) is 5.69 Å². The molecule has 0 aliphatic carbocycles. The molecular formula is C30H38N2O2S. The standard InChI is InChI=1S/C30H38N2O2S/c1-3-5-15-28(29-16-10-21-35-29)34-27-14-9-11-24(22-27)23-31-19-17-26(18-20-31)32(30(33)4-2)25-12-7-6-8-13-25/h6-14,16,21-22,26,28H,3-5,15,17-20,23H2,1-2H3. The fourth-order valence-electron chi connectivity index (χ4n) is 4.92. The number of hydrogen-bond acceptors (Lipinski definition) is 4. The van der Waals surface area contributed by atoms with Crippen molar-refractivity contribution in [1.82, 2.24) is 4.90 Å². The number of anilines is 1. The summed E-state index contributed by atoms with van der Waals surface area (Å²) >= 11 is 1.78. The Labute approximate surface area is 214 Å². The van der Waals surface area contributed by atoms with Crippen molar-refractivity contribution in [1.29, 1.82) is 0 Å². The zero-order valence-electron chi connectivity index (χ0n) is 21.1. The SMILES string of the molecule is CCCCC(Oc1cccc(CN2CCC(N(C(=O)CC)c3ccccc3)CC2)c1)c1cccs1. The number of amides is 1. The number of piperidine rings is 1. The molecule has 1 atom stereocenters. The molecule has 0 bridgehead atoms. The zero-order chi connectivity index (χ0) is 24.5. The van der Waals surface area contributed by atoms with Crippen LogP contribution in [0, 0.1) is 0 Å². The average Bonchev–Trinajstić information content (AvgIpc) is 3.43. The van der Waals surface area contributed by atoms with E-state index in [1.54, 1.807) is 11.3 Å². The van der Waals surface area contributed by atoms with Crippen molar-refractivity contribution in [3.63, 3.8) is 0 Å². The number of nitrogens with zero attached hydrogens (tertiary/aromatic N) is 2. The molecule has 3 aromatic rings. The van der Waals surface area contributed by atoms with E-state index in [9.17, 15) is 4.79 Å². The van der Waals surface area contributed by atoms with Crippen molar-refractivity contribution in [3.05, 3.63) is 82.6 Å². The predicted octanol–water partition coefficient (Wildman–Crippen LogP) is 7.47. The van der Waals surface area contributed by atoms with Crippen molar-refractivity contribution in [2.45, 2.75) is 71.1 Å². The van der Waals surface area contributed by atoms with E-state index in [-0.39, 0.29) is 18.1 Å². The lowest BCUT2D eigenvalue weighted by Crippen LogP contribution is -2.47. The highest BCUT2D eigenvalue weighted by molar-refractivity contribution is 7.10. The van der Waals surface area contributed by atoms with Gasteiger partial charge >= 0.3 is 0 Å². The van der Waals surface area contributed by atoms with Gasteiger partial charge in [-0.15, -0.1) is 11.3 Å². The molecule has 0 radical (unpaired) electrons. The summed E-state index contributed by atoms with van der Waals surface area (Å²) in [5.41, 5.74) is 2.30. The first-order valence-corrected chi connectivity index (χ1v) is 13.9. The normalized spacial score (nSPS) is 15.6. The fourth-order valence-corrected chi connectivity index (χ4v) is 5.71.